The van der Waals surface area contributed by atoms with Crippen LogP contribution in [0, 0.1) is 5.92 Å². The molecule has 0 saturated heterocycles. The van der Waals surface area contributed by atoms with Crippen molar-refractivity contribution < 1.29 is 9.59 Å². The summed E-state index contributed by atoms with van der Waals surface area (Å²) in [6.45, 7) is 4.50. The minimum Gasteiger partial charge on any atom is -0.346 e. The number of Topliss-reactive ketones (excluding diaryl/α,β-unsaturated/α-hetero) is 1. The molecule has 0 rings (SSSR count). The van der Waals surface area contributed by atoms with Gasteiger partial charge in [-0.05, 0) is 39.8 Å². The van der Waals surface area contributed by atoms with Gasteiger partial charge in [-0.2, -0.15) is 0 Å². The molecule has 4 N–H and O–H groups in total. The van der Waals surface area contributed by atoms with Crippen LogP contribution in [0.25, 0.3) is 0 Å². The number of nitrogens with two attached hydrogens (primary N) is 1. The number of hydrogen-bond acceptors (Lipinski definition) is 4. The van der Waals surface area contributed by atoms with Gasteiger partial charge in [0.15, 0.2) is 5.78 Å². The highest BCUT2D eigenvalue weighted by atomic mass is 16.2. The smallest absolute Gasteiger partial charge is 0.224 e. The molecule has 0 aliphatic heterocycles. The number of rotatable bonds is 9. The first kappa shape index (κ1) is 16.1. The highest BCUT2D eigenvalue weighted by molar-refractivity contribution is 5.88. The number of unbranched alkanes of at least 4 members (excludes halogenated alkanes) is 1. The molecule has 0 aliphatic rings. The summed E-state index contributed by atoms with van der Waals surface area (Å²) >= 11 is 0. The van der Waals surface area contributed by atoms with E-state index in [0.29, 0.717) is 13.0 Å². The molecule has 0 radical (unpaired) electrons. The van der Waals surface area contributed by atoms with Crippen LogP contribution in [0.2, 0.25) is 0 Å². The van der Waals surface area contributed by atoms with E-state index in [0.717, 1.165) is 19.4 Å². The van der Waals surface area contributed by atoms with Crippen LogP contribution in [0.5, 0.6) is 0 Å². The number of hydrogen-bond donors (Lipinski definition) is 3. The van der Waals surface area contributed by atoms with Crippen LogP contribution >= 0.6 is 0 Å². The summed E-state index contributed by atoms with van der Waals surface area (Å²) in [5.41, 5.74) is 5.41. The van der Waals surface area contributed by atoms with Crippen molar-refractivity contribution >= 4 is 11.7 Å². The molecule has 0 bridgehead atoms. The Balaban J connectivity index is 4.07. The van der Waals surface area contributed by atoms with Gasteiger partial charge < -0.3 is 16.4 Å². The van der Waals surface area contributed by atoms with Gasteiger partial charge in [0.05, 0.1) is 6.04 Å². The fourth-order valence-electron chi connectivity index (χ4n) is 1.45. The van der Waals surface area contributed by atoms with Crippen LogP contribution in [0.1, 0.15) is 33.1 Å². The molecule has 0 heterocycles. The van der Waals surface area contributed by atoms with Crippen LogP contribution < -0.4 is 16.4 Å². The van der Waals surface area contributed by atoms with Gasteiger partial charge in [0.25, 0.3) is 0 Å². The normalized spacial score (nSPS) is 14.1. The van der Waals surface area contributed by atoms with Crippen molar-refractivity contribution in [1.29, 1.82) is 0 Å². The Bertz CT molecular complexity index is 244. The van der Waals surface area contributed by atoms with Crippen molar-refractivity contribution in [2.24, 2.45) is 11.7 Å². The first-order valence-electron chi connectivity index (χ1n) is 6.18. The zero-order valence-corrected chi connectivity index (χ0v) is 11.1. The molecule has 2 atom stereocenters. The number of amides is 1. The van der Waals surface area contributed by atoms with E-state index in [9.17, 15) is 9.59 Å². The molecule has 17 heavy (non-hydrogen) atoms. The Hall–Kier alpha value is -0.940. The van der Waals surface area contributed by atoms with E-state index in [2.05, 4.69) is 10.6 Å². The second-order valence-corrected chi connectivity index (χ2v) is 4.41. The monoisotopic (exact) mass is 243 g/mol. The number of ketones is 1. The number of nitrogens with one attached hydrogen (secondary N) is 2. The maximum absolute atomic E-state index is 11.6. The summed E-state index contributed by atoms with van der Waals surface area (Å²) in [5.74, 6) is -0.373. The lowest BCUT2D eigenvalue weighted by atomic mass is 10.0. The van der Waals surface area contributed by atoms with Crippen molar-refractivity contribution in [2.75, 3.05) is 20.1 Å². The zero-order valence-electron chi connectivity index (χ0n) is 11.1. The Morgan fingerprint density at radius 2 is 1.94 bits per heavy atom. The maximum atomic E-state index is 11.6. The lowest BCUT2D eigenvalue weighted by Crippen LogP contribution is -2.43. The van der Waals surface area contributed by atoms with Crippen molar-refractivity contribution in [1.82, 2.24) is 10.6 Å². The number of carbonyl (C=O) groups excluding carboxylic acids is 2. The zero-order chi connectivity index (χ0) is 13.3. The van der Waals surface area contributed by atoms with Crippen LogP contribution in [-0.4, -0.2) is 37.9 Å². The van der Waals surface area contributed by atoms with Gasteiger partial charge in [0.2, 0.25) is 5.91 Å². The molecular formula is C12H25N3O2. The van der Waals surface area contributed by atoms with E-state index in [1.54, 1.807) is 6.92 Å². The summed E-state index contributed by atoms with van der Waals surface area (Å²) in [6, 6.07) is -0.367. The molecule has 100 valence electrons. The molecule has 0 saturated carbocycles. The van der Waals surface area contributed by atoms with Gasteiger partial charge in [0, 0.05) is 12.5 Å². The summed E-state index contributed by atoms with van der Waals surface area (Å²) in [7, 11) is 1.90. The highest BCUT2D eigenvalue weighted by Crippen LogP contribution is 2.03. The Morgan fingerprint density at radius 1 is 1.29 bits per heavy atom. The lowest BCUT2D eigenvalue weighted by Gasteiger charge is -2.18. The van der Waals surface area contributed by atoms with Gasteiger partial charge >= 0.3 is 0 Å². The van der Waals surface area contributed by atoms with Crippen LogP contribution in [0.15, 0.2) is 0 Å². The third kappa shape index (κ3) is 7.07. The van der Waals surface area contributed by atoms with Crippen LogP contribution in [0.3, 0.4) is 0 Å². The molecule has 1 unspecified atom stereocenters. The summed E-state index contributed by atoms with van der Waals surface area (Å²) in [5, 5.41) is 5.81. The largest absolute Gasteiger partial charge is 0.346 e. The molecule has 0 aliphatic carbocycles. The molecule has 5 nitrogen and oxygen atoms in total. The van der Waals surface area contributed by atoms with E-state index in [1.165, 1.54) is 6.92 Å². The quantitative estimate of drug-likeness (QED) is 0.499. The minimum absolute atomic E-state index is 0.00651. The fourth-order valence-corrected chi connectivity index (χ4v) is 1.45. The Morgan fingerprint density at radius 3 is 2.41 bits per heavy atom. The molecule has 0 fully saturated rings. The standard InChI is InChI=1S/C12H25N3O2/c1-9(8-13)12(17)15-11(10(2)16)6-4-5-7-14-3/h9,11,14H,4-8,13H2,1-3H3,(H,15,17)/t9?,11-/m1/s1. The molecular weight excluding hydrogens is 218 g/mol. The summed E-state index contributed by atoms with van der Waals surface area (Å²) < 4.78 is 0. The van der Waals surface area contributed by atoms with Gasteiger partial charge in [-0.1, -0.05) is 6.92 Å². The van der Waals surface area contributed by atoms with E-state index < -0.39 is 0 Å². The third-order valence-electron chi connectivity index (χ3n) is 2.78. The van der Waals surface area contributed by atoms with Gasteiger partial charge in [-0.15, -0.1) is 0 Å². The van der Waals surface area contributed by atoms with Gasteiger partial charge in [-0.25, -0.2) is 0 Å². The second-order valence-electron chi connectivity index (χ2n) is 4.41. The average Bonchev–Trinajstić information content (AvgIpc) is 2.31. The van der Waals surface area contributed by atoms with E-state index in [4.69, 9.17) is 5.73 Å². The molecule has 0 spiro atoms. The first-order valence-corrected chi connectivity index (χ1v) is 6.18. The van der Waals surface area contributed by atoms with Gasteiger partial charge in [0.1, 0.15) is 0 Å². The Labute approximate surface area is 104 Å². The molecule has 1 amide bonds. The van der Waals surface area contributed by atoms with Crippen LogP contribution in [-0.2, 0) is 9.59 Å². The fraction of sp³-hybridized carbons (Fsp3) is 0.833. The number of carbonyl (C=O) groups is 2. The van der Waals surface area contributed by atoms with Crippen molar-refractivity contribution in [3.63, 3.8) is 0 Å². The SMILES string of the molecule is CNCCCC[C@@H](NC(=O)C(C)CN)C(C)=O. The maximum Gasteiger partial charge on any atom is 0.224 e. The summed E-state index contributed by atoms with van der Waals surface area (Å²) in [6.07, 6.45) is 2.62. The Kier molecular flexibility index (Phi) is 8.62. The second kappa shape index (κ2) is 9.13. The van der Waals surface area contributed by atoms with Crippen molar-refractivity contribution in [3.8, 4) is 0 Å². The molecule has 0 aromatic carbocycles. The molecule has 0 aromatic rings. The highest BCUT2D eigenvalue weighted by Gasteiger charge is 2.19. The van der Waals surface area contributed by atoms with Gasteiger partial charge in [-0.3, -0.25) is 9.59 Å². The lowest BCUT2D eigenvalue weighted by molar-refractivity contribution is -0.129. The molecule has 5 heteroatoms. The predicted molar refractivity (Wildman–Crippen MR) is 68.6 cm³/mol. The molecule has 0 aromatic heterocycles. The van der Waals surface area contributed by atoms with Crippen molar-refractivity contribution in [2.45, 2.75) is 39.2 Å². The van der Waals surface area contributed by atoms with E-state index in [-0.39, 0.29) is 23.7 Å². The predicted octanol–water partition coefficient (Wildman–Crippen LogP) is 0.0447. The van der Waals surface area contributed by atoms with Crippen LogP contribution in [0.4, 0.5) is 0 Å². The third-order valence-corrected chi connectivity index (χ3v) is 2.78. The van der Waals surface area contributed by atoms with E-state index in [1.807, 2.05) is 7.05 Å². The average molecular weight is 243 g/mol. The summed E-state index contributed by atoms with van der Waals surface area (Å²) in [4.78, 5) is 23.0. The van der Waals surface area contributed by atoms with E-state index >= 15 is 0 Å². The first-order chi connectivity index (χ1) is 8.02. The minimum atomic E-state index is -0.367. The topological polar surface area (TPSA) is 84.2 Å². The van der Waals surface area contributed by atoms with Crippen molar-refractivity contribution in [3.05, 3.63) is 0 Å².